The normalized spacial score (nSPS) is 9.95. The summed E-state index contributed by atoms with van der Waals surface area (Å²) in [6.07, 6.45) is 1.68. The van der Waals surface area contributed by atoms with Gasteiger partial charge in [-0.05, 0) is 31.0 Å². The highest BCUT2D eigenvalue weighted by Gasteiger charge is 2.10. The number of nitrogen functional groups attached to an aromatic ring is 1. The number of methoxy groups -OCH3 is 1. The molecule has 0 aliphatic carbocycles. The van der Waals surface area contributed by atoms with Crippen LogP contribution in [-0.2, 0) is 4.79 Å². The zero-order valence-electron chi connectivity index (χ0n) is 10.9. The van der Waals surface area contributed by atoms with Crippen LogP contribution in [-0.4, -0.2) is 25.5 Å². The predicted octanol–water partition coefficient (Wildman–Crippen LogP) is 0.663. The molecule has 19 heavy (non-hydrogen) atoms. The van der Waals surface area contributed by atoms with Gasteiger partial charge in [0.15, 0.2) is 0 Å². The van der Waals surface area contributed by atoms with Crippen LogP contribution in [0.3, 0.4) is 0 Å². The van der Waals surface area contributed by atoms with E-state index in [4.69, 9.17) is 16.2 Å². The summed E-state index contributed by atoms with van der Waals surface area (Å²) in [7, 11) is 1.52. The van der Waals surface area contributed by atoms with Gasteiger partial charge in [0.25, 0.3) is 5.91 Å². The summed E-state index contributed by atoms with van der Waals surface area (Å²) in [5.41, 5.74) is 11.5. The van der Waals surface area contributed by atoms with Crippen molar-refractivity contribution < 1.29 is 14.3 Å². The second kappa shape index (κ2) is 7.25. The quantitative estimate of drug-likeness (QED) is 0.497. The van der Waals surface area contributed by atoms with Gasteiger partial charge in [0.2, 0.25) is 5.91 Å². The molecule has 0 spiro atoms. The molecule has 6 heteroatoms. The summed E-state index contributed by atoms with van der Waals surface area (Å²) < 4.78 is 5.04. The minimum absolute atomic E-state index is 0.254. The molecule has 2 amide bonds. The Morgan fingerprint density at radius 3 is 2.68 bits per heavy atom. The number of hydrogen-bond donors (Lipinski definition) is 3. The summed E-state index contributed by atoms with van der Waals surface area (Å²) in [6.45, 7) is 0.475. The number of primary amides is 1. The van der Waals surface area contributed by atoms with E-state index in [9.17, 15) is 9.59 Å². The van der Waals surface area contributed by atoms with Gasteiger partial charge in [-0.3, -0.25) is 9.59 Å². The van der Waals surface area contributed by atoms with E-state index in [0.29, 0.717) is 42.8 Å². The average Bonchev–Trinajstić information content (AvgIpc) is 2.38. The third kappa shape index (κ3) is 4.87. The number of carbonyl (C=O) groups excluding carboxylic acids is 2. The maximum atomic E-state index is 11.9. The zero-order chi connectivity index (χ0) is 14.3. The van der Waals surface area contributed by atoms with Crippen LogP contribution in [0.5, 0.6) is 5.75 Å². The Kier molecular flexibility index (Phi) is 5.66. The maximum Gasteiger partial charge on any atom is 0.253 e. The van der Waals surface area contributed by atoms with Crippen molar-refractivity contribution in [2.75, 3.05) is 19.4 Å². The van der Waals surface area contributed by atoms with E-state index in [1.54, 1.807) is 18.2 Å². The van der Waals surface area contributed by atoms with Crippen molar-refractivity contribution in [2.45, 2.75) is 19.3 Å². The Balaban J connectivity index is 2.47. The Labute approximate surface area is 112 Å². The molecule has 0 aliphatic rings. The van der Waals surface area contributed by atoms with Crippen molar-refractivity contribution in [1.29, 1.82) is 0 Å². The van der Waals surface area contributed by atoms with Crippen molar-refractivity contribution in [3.8, 4) is 5.75 Å². The Morgan fingerprint density at radius 2 is 2.05 bits per heavy atom. The number of hydrogen-bond acceptors (Lipinski definition) is 4. The first kappa shape index (κ1) is 14.8. The van der Waals surface area contributed by atoms with E-state index in [0.717, 1.165) is 0 Å². The predicted molar refractivity (Wildman–Crippen MR) is 72.8 cm³/mol. The number of benzene rings is 1. The van der Waals surface area contributed by atoms with Gasteiger partial charge in [0, 0.05) is 18.7 Å². The van der Waals surface area contributed by atoms with E-state index in [1.807, 2.05) is 0 Å². The van der Waals surface area contributed by atoms with Crippen LogP contribution in [0, 0.1) is 0 Å². The van der Waals surface area contributed by atoms with Crippen LogP contribution in [0.2, 0.25) is 0 Å². The smallest absolute Gasteiger partial charge is 0.253 e. The Hall–Kier alpha value is -2.24. The van der Waals surface area contributed by atoms with E-state index in [1.165, 1.54) is 7.11 Å². The summed E-state index contributed by atoms with van der Waals surface area (Å²) in [4.78, 5) is 22.4. The molecular formula is C13H19N3O3. The van der Waals surface area contributed by atoms with Gasteiger partial charge in [-0.25, -0.2) is 0 Å². The minimum Gasteiger partial charge on any atom is -0.497 e. The molecule has 0 fully saturated rings. The van der Waals surface area contributed by atoms with E-state index < -0.39 is 0 Å². The molecule has 6 nitrogen and oxygen atoms in total. The number of carbonyl (C=O) groups is 2. The van der Waals surface area contributed by atoms with Gasteiger partial charge < -0.3 is 21.5 Å². The topological polar surface area (TPSA) is 107 Å². The molecule has 1 rings (SSSR count). The number of ether oxygens (including phenoxy) is 1. The number of unbranched alkanes of at least 4 members (excludes halogenated alkanes) is 1. The highest BCUT2D eigenvalue weighted by molar-refractivity contribution is 5.99. The Bertz CT molecular complexity index is 460. The minimum atomic E-state index is -0.330. The van der Waals surface area contributed by atoms with Crippen molar-refractivity contribution in [3.63, 3.8) is 0 Å². The fourth-order valence-corrected chi connectivity index (χ4v) is 1.58. The van der Waals surface area contributed by atoms with Crippen molar-refractivity contribution in [1.82, 2.24) is 5.32 Å². The van der Waals surface area contributed by atoms with Gasteiger partial charge in [0.1, 0.15) is 5.75 Å². The third-order valence-electron chi connectivity index (χ3n) is 2.64. The van der Waals surface area contributed by atoms with Crippen LogP contribution in [0.15, 0.2) is 18.2 Å². The summed E-state index contributed by atoms with van der Waals surface area (Å²) in [5.74, 6) is -0.00748. The molecule has 0 aliphatic heterocycles. The average molecular weight is 265 g/mol. The largest absolute Gasteiger partial charge is 0.497 e. The SMILES string of the molecule is COc1ccc(N)c(C(=O)NCCCCC(N)=O)c1. The molecule has 1 aromatic carbocycles. The third-order valence-corrected chi connectivity index (χ3v) is 2.64. The zero-order valence-corrected chi connectivity index (χ0v) is 10.9. The molecular weight excluding hydrogens is 246 g/mol. The molecule has 0 radical (unpaired) electrons. The van der Waals surface area contributed by atoms with Crippen molar-refractivity contribution in [3.05, 3.63) is 23.8 Å². The standard InChI is InChI=1S/C13H19N3O3/c1-19-9-5-6-11(14)10(8-9)13(18)16-7-3-2-4-12(15)17/h5-6,8H,2-4,7,14H2,1H3,(H2,15,17)(H,16,18). The number of rotatable bonds is 7. The number of nitrogens with two attached hydrogens (primary N) is 2. The first-order valence-corrected chi connectivity index (χ1v) is 6.04. The fourth-order valence-electron chi connectivity index (χ4n) is 1.58. The van der Waals surface area contributed by atoms with E-state index in [2.05, 4.69) is 5.32 Å². The maximum absolute atomic E-state index is 11.9. The second-order valence-electron chi connectivity index (χ2n) is 4.13. The lowest BCUT2D eigenvalue weighted by molar-refractivity contribution is -0.118. The molecule has 0 saturated heterocycles. The summed E-state index contributed by atoms with van der Waals surface area (Å²) in [6, 6.07) is 4.91. The van der Waals surface area contributed by atoms with Crippen molar-refractivity contribution >= 4 is 17.5 Å². The van der Waals surface area contributed by atoms with Gasteiger partial charge >= 0.3 is 0 Å². The molecule has 104 valence electrons. The van der Waals surface area contributed by atoms with E-state index in [-0.39, 0.29) is 11.8 Å². The number of nitrogens with one attached hydrogen (secondary N) is 1. The number of amides is 2. The molecule has 5 N–H and O–H groups in total. The van der Waals surface area contributed by atoms with Crippen LogP contribution in [0.1, 0.15) is 29.6 Å². The molecule has 0 saturated carbocycles. The van der Waals surface area contributed by atoms with Crippen LogP contribution in [0.25, 0.3) is 0 Å². The molecule has 0 atom stereocenters. The lowest BCUT2D eigenvalue weighted by Crippen LogP contribution is -2.25. The molecule has 0 bridgehead atoms. The first-order valence-electron chi connectivity index (χ1n) is 6.04. The lowest BCUT2D eigenvalue weighted by Gasteiger charge is -2.09. The molecule has 0 aromatic heterocycles. The highest BCUT2D eigenvalue weighted by atomic mass is 16.5. The fraction of sp³-hybridized carbons (Fsp3) is 0.385. The van der Waals surface area contributed by atoms with Crippen molar-refractivity contribution in [2.24, 2.45) is 5.73 Å². The van der Waals surface area contributed by atoms with Gasteiger partial charge in [0.05, 0.1) is 12.7 Å². The summed E-state index contributed by atoms with van der Waals surface area (Å²) in [5, 5.41) is 2.74. The first-order chi connectivity index (χ1) is 9.04. The summed E-state index contributed by atoms with van der Waals surface area (Å²) >= 11 is 0. The monoisotopic (exact) mass is 265 g/mol. The Morgan fingerprint density at radius 1 is 1.32 bits per heavy atom. The van der Waals surface area contributed by atoms with Gasteiger partial charge in [-0.15, -0.1) is 0 Å². The number of anilines is 1. The molecule has 1 aromatic rings. The van der Waals surface area contributed by atoms with Crippen LogP contribution < -0.4 is 21.5 Å². The highest BCUT2D eigenvalue weighted by Crippen LogP contribution is 2.19. The van der Waals surface area contributed by atoms with Crippen LogP contribution in [0.4, 0.5) is 5.69 Å². The van der Waals surface area contributed by atoms with Gasteiger partial charge in [-0.1, -0.05) is 0 Å². The lowest BCUT2D eigenvalue weighted by atomic mass is 10.1. The van der Waals surface area contributed by atoms with E-state index >= 15 is 0 Å². The van der Waals surface area contributed by atoms with Crippen LogP contribution >= 0.6 is 0 Å². The molecule has 0 heterocycles. The van der Waals surface area contributed by atoms with Gasteiger partial charge in [-0.2, -0.15) is 0 Å². The second-order valence-corrected chi connectivity index (χ2v) is 4.13. The molecule has 0 unspecified atom stereocenters.